The first-order valence-electron chi connectivity index (χ1n) is 13.1. The van der Waals surface area contributed by atoms with Crippen LogP contribution in [0.1, 0.15) is 52.7 Å². The molecule has 1 fully saturated rings. The van der Waals surface area contributed by atoms with Gasteiger partial charge in [-0.2, -0.15) is 4.39 Å². The molecule has 15 nitrogen and oxygen atoms in total. The number of nitrogens with zero attached hydrogens (tertiary/aromatic N) is 1. The van der Waals surface area contributed by atoms with Crippen LogP contribution in [0, 0.1) is 11.7 Å². The van der Waals surface area contributed by atoms with E-state index < -0.39 is 90.0 Å². The van der Waals surface area contributed by atoms with E-state index in [9.17, 15) is 38.6 Å². The van der Waals surface area contributed by atoms with Gasteiger partial charge in [0.1, 0.15) is 37.0 Å². The van der Waals surface area contributed by atoms with Gasteiger partial charge in [0.05, 0.1) is 12.2 Å². The fourth-order valence-electron chi connectivity index (χ4n) is 3.97. The molecule has 0 unspecified atom stereocenters. The topological polar surface area (TPSA) is 241 Å². The minimum Gasteiger partial charge on any atom is -0.461 e. The van der Waals surface area contributed by atoms with Crippen molar-refractivity contribution < 1.29 is 38.5 Å². The van der Waals surface area contributed by atoms with Gasteiger partial charge >= 0.3 is 11.7 Å². The maximum absolute atomic E-state index is 13.7. The molecule has 1 aliphatic heterocycles. The molecule has 2 rings (SSSR count). The lowest BCUT2D eigenvalue weighted by Gasteiger charge is -2.26. The zero-order valence-electron chi connectivity index (χ0n) is 22.7. The summed E-state index contributed by atoms with van der Waals surface area (Å²) in [6, 6.07) is -2.97. The predicted octanol–water partition coefficient (Wildman–Crippen LogP) is -2.67. The molecule has 8 atom stereocenters. The first-order chi connectivity index (χ1) is 18.8. The molecule has 1 aromatic rings. The third-order valence-corrected chi connectivity index (χ3v) is 6.75. The Morgan fingerprint density at radius 1 is 1.18 bits per heavy atom. The summed E-state index contributed by atoms with van der Waals surface area (Å²) in [6.45, 7) is 4.81. The number of esters is 1. The van der Waals surface area contributed by atoms with Crippen LogP contribution < -0.4 is 33.3 Å². The number of aromatic nitrogens is 2. The lowest BCUT2D eigenvalue weighted by molar-refractivity contribution is -0.155. The standard InChI is InChI=1S/C24H39FN6O9/c1-4-11(2)16(29-19(34)12(3)28-21(36)14(27)7-5-6-8-26)23(37)39-10-15-17(32)18(33)22(40-15)31-9-13(25)20(35)30-24(31)38/h9,11-12,14-18,22,32-33H,4-8,10,26-27H2,1-3H3,(H,28,36)(H,29,34)(H,30,35,38)/t11-,12-,14-,15+,16-,17+,18+,22+/m0/s1. The molecule has 40 heavy (non-hydrogen) atoms. The number of carbonyl (C=O) groups is 3. The van der Waals surface area contributed by atoms with Gasteiger partial charge in [-0.25, -0.2) is 9.59 Å². The fourth-order valence-corrected chi connectivity index (χ4v) is 3.97. The van der Waals surface area contributed by atoms with E-state index >= 15 is 0 Å². The number of nitrogens with two attached hydrogens (primary N) is 2. The molecule has 0 bridgehead atoms. The number of aliphatic hydroxyl groups is 2. The Balaban J connectivity index is 2.01. The van der Waals surface area contributed by atoms with Crippen LogP contribution >= 0.6 is 0 Å². The Morgan fingerprint density at radius 2 is 1.85 bits per heavy atom. The highest BCUT2D eigenvalue weighted by Gasteiger charge is 2.45. The maximum atomic E-state index is 13.7. The van der Waals surface area contributed by atoms with Gasteiger partial charge in [-0.15, -0.1) is 0 Å². The molecular weight excluding hydrogens is 535 g/mol. The Morgan fingerprint density at radius 3 is 2.48 bits per heavy atom. The first-order valence-corrected chi connectivity index (χ1v) is 13.1. The van der Waals surface area contributed by atoms with E-state index in [1.54, 1.807) is 18.8 Å². The molecule has 0 aromatic carbocycles. The molecular formula is C24H39FN6O9. The molecule has 9 N–H and O–H groups in total. The number of carbonyl (C=O) groups excluding carboxylic acids is 3. The van der Waals surface area contributed by atoms with Crippen molar-refractivity contribution >= 4 is 17.8 Å². The van der Waals surface area contributed by atoms with Crippen molar-refractivity contribution in [2.75, 3.05) is 13.2 Å². The summed E-state index contributed by atoms with van der Waals surface area (Å²) in [5.41, 5.74) is 8.94. The number of hydrogen-bond acceptors (Lipinski definition) is 11. The van der Waals surface area contributed by atoms with E-state index in [0.717, 1.165) is 0 Å². The number of H-pyrrole nitrogens is 1. The summed E-state index contributed by atoms with van der Waals surface area (Å²) in [5, 5.41) is 25.7. The summed E-state index contributed by atoms with van der Waals surface area (Å²) < 4.78 is 24.9. The number of nitrogens with one attached hydrogen (secondary N) is 3. The Hall–Kier alpha value is -3.18. The average molecular weight is 575 g/mol. The SMILES string of the molecule is CC[C@H](C)[C@H](NC(=O)[C@H](C)NC(=O)[C@@H](N)CCCCN)C(=O)OC[C@H]1O[C@@H](n2cc(F)c(=O)[nH]c2=O)[C@H](O)[C@@H]1O. The van der Waals surface area contributed by atoms with Gasteiger partial charge in [0.15, 0.2) is 6.23 Å². The van der Waals surface area contributed by atoms with Gasteiger partial charge in [0.25, 0.3) is 5.56 Å². The molecule has 2 heterocycles. The number of aromatic amines is 1. The summed E-state index contributed by atoms with van der Waals surface area (Å²) in [6.07, 6.45) is -3.49. The van der Waals surface area contributed by atoms with Gasteiger partial charge in [-0.1, -0.05) is 26.7 Å². The molecule has 0 spiro atoms. The monoisotopic (exact) mass is 574 g/mol. The molecule has 0 radical (unpaired) electrons. The second-order valence-corrected chi connectivity index (χ2v) is 9.81. The average Bonchev–Trinajstić information content (AvgIpc) is 3.20. The second-order valence-electron chi connectivity index (χ2n) is 9.81. The van der Waals surface area contributed by atoms with E-state index in [1.807, 2.05) is 0 Å². The molecule has 1 saturated heterocycles. The molecule has 0 aliphatic carbocycles. The lowest BCUT2D eigenvalue weighted by atomic mass is 9.99. The quantitative estimate of drug-likeness (QED) is 0.0892. The molecule has 226 valence electrons. The normalized spacial score (nSPS) is 23.6. The lowest BCUT2D eigenvalue weighted by Crippen LogP contribution is -2.55. The van der Waals surface area contributed by atoms with Crippen LogP contribution in [0.25, 0.3) is 0 Å². The smallest absolute Gasteiger partial charge is 0.330 e. The summed E-state index contributed by atoms with van der Waals surface area (Å²) in [7, 11) is 0. The van der Waals surface area contributed by atoms with Crippen LogP contribution in [-0.4, -0.2) is 87.1 Å². The van der Waals surface area contributed by atoms with Crippen LogP contribution in [0.3, 0.4) is 0 Å². The van der Waals surface area contributed by atoms with Crippen LogP contribution in [0.4, 0.5) is 4.39 Å². The van der Waals surface area contributed by atoms with Crippen molar-refractivity contribution in [3.8, 4) is 0 Å². The predicted molar refractivity (Wildman–Crippen MR) is 138 cm³/mol. The summed E-state index contributed by atoms with van der Waals surface area (Å²) in [5.74, 6) is -3.76. The van der Waals surface area contributed by atoms with Crippen LogP contribution in [0.15, 0.2) is 15.8 Å². The number of unbranched alkanes of at least 4 members (excludes halogenated alkanes) is 1. The molecule has 1 aromatic heterocycles. The number of amides is 2. The number of hydrogen-bond donors (Lipinski definition) is 7. The maximum Gasteiger partial charge on any atom is 0.330 e. The van der Waals surface area contributed by atoms with E-state index in [4.69, 9.17) is 20.9 Å². The number of halogens is 1. The van der Waals surface area contributed by atoms with Crippen LogP contribution in [-0.2, 0) is 23.9 Å². The van der Waals surface area contributed by atoms with E-state index in [-0.39, 0.29) is 0 Å². The van der Waals surface area contributed by atoms with E-state index in [1.165, 1.54) is 6.92 Å². The number of aliphatic hydroxyl groups excluding tert-OH is 2. The van der Waals surface area contributed by atoms with Crippen molar-refractivity contribution in [2.24, 2.45) is 17.4 Å². The fraction of sp³-hybridized carbons (Fsp3) is 0.708. The zero-order chi connectivity index (χ0) is 30.1. The van der Waals surface area contributed by atoms with E-state index in [0.29, 0.717) is 43.0 Å². The number of rotatable bonds is 14. The van der Waals surface area contributed by atoms with Crippen LogP contribution in [0.2, 0.25) is 0 Å². The molecule has 2 amide bonds. The molecule has 16 heteroatoms. The zero-order valence-corrected chi connectivity index (χ0v) is 22.7. The van der Waals surface area contributed by atoms with Crippen molar-refractivity contribution in [3.63, 3.8) is 0 Å². The van der Waals surface area contributed by atoms with Gasteiger partial charge in [-0.3, -0.25) is 23.9 Å². The first kappa shape index (κ1) is 33.0. The largest absolute Gasteiger partial charge is 0.461 e. The van der Waals surface area contributed by atoms with Gasteiger partial charge in [0, 0.05) is 0 Å². The van der Waals surface area contributed by atoms with Crippen molar-refractivity contribution in [3.05, 3.63) is 32.9 Å². The summed E-state index contributed by atoms with van der Waals surface area (Å²) in [4.78, 5) is 63.0. The van der Waals surface area contributed by atoms with Crippen molar-refractivity contribution in [2.45, 2.75) is 89.1 Å². The minimum absolute atomic E-state index is 0.395. The Bertz CT molecular complexity index is 1140. The second kappa shape index (κ2) is 15.0. The van der Waals surface area contributed by atoms with Crippen molar-refractivity contribution in [1.29, 1.82) is 0 Å². The summed E-state index contributed by atoms with van der Waals surface area (Å²) >= 11 is 0. The molecule has 1 aliphatic rings. The Kier molecular flexibility index (Phi) is 12.4. The Labute approximate surface area is 229 Å². The number of ether oxygens (including phenoxy) is 2. The third kappa shape index (κ3) is 8.41. The minimum atomic E-state index is -1.72. The highest BCUT2D eigenvalue weighted by molar-refractivity contribution is 5.91. The van der Waals surface area contributed by atoms with Gasteiger partial charge < -0.3 is 41.8 Å². The van der Waals surface area contributed by atoms with Gasteiger partial charge in [-0.05, 0) is 32.2 Å². The highest BCUT2D eigenvalue weighted by atomic mass is 19.1. The van der Waals surface area contributed by atoms with Gasteiger partial charge in [0.2, 0.25) is 17.6 Å². The van der Waals surface area contributed by atoms with Crippen LogP contribution in [0.5, 0.6) is 0 Å². The molecule has 0 saturated carbocycles. The van der Waals surface area contributed by atoms with E-state index in [2.05, 4.69) is 10.6 Å². The third-order valence-electron chi connectivity index (χ3n) is 6.75. The highest BCUT2D eigenvalue weighted by Crippen LogP contribution is 2.28. The van der Waals surface area contributed by atoms with Crippen molar-refractivity contribution in [1.82, 2.24) is 20.2 Å².